The van der Waals surface area contributed by atoms with Gasteiger partial charge < -0.3 is 15.1 Å². The van der Waals surface area contributed by atoms with Crippen LogP contribution in [0, 0.1) is 5.92 Å². The lowest BCUT2D eigenvalue weighted by atomic mass is 9.99. The number of hydrogen-bond acceptors (Lipinski definition) is 6. The van der Waals surface area contributed by atoms with E-state index >= 15 is 0 Å². The Bertz CT molecular complexity index is 965. The molecule has 2 saturated heterocycles. The number of likely N-dealkylation sites (tertiary alicyclic amines) is 1. The van der Waals surface area contributed by atoms with Crippen LogP contribution in [-0.4, -0.2) is 59.5 Å². The van der Waals surface area contributed by atoms with Crippen molar-refractivity contribution < 1.29 is 4.79 Å². The van der Waals surface area contributed by atoms with E-state index in [4.69, 9.17) is 16.6 Å². The van der Waals surface area contributed by atoms with Crippen molar-refractivity contribution in [3.63, 3.8) is 0 Å². The molecule has 1 atom stereocenters. The van der Waals surface area contributed by atoms with E-state index in [1.165, 1.54) is 38.6 Å². The number of nitrogens with one attached hydrogen (secondary N) is 1. The van der Waals surface area contributed by atoms with Crippen molar-refractivity contribution in [2.24, 2.45) is 5.92 Å². The maximum atomic E-state index is 12.5. The van der Waals surface area contributed by atoms with Gasteiger partial charge in [0.2, 0.25) is 0 Å². The van der Waals surface area contributed by atoms with Crippen molar-refractivity contribution in [3.05, 3.63) is 46.6 Å². The number of hydrogen-bond donors (Lipinski definition) is 1. The van der Waals surface area contributed by atoms with Crippen LogP contribution in [0.4, 0.5) is 5.82 Å². The largest absolute Gasteiger partial charge is 0.356 e. The van der Waals surface area contributed by atoms with E-state index in [-0.39, 0.29) is 5.91 Å². The Kier molecular flexibility index (Phi) is 9.69. The average molecular weight is 516 g/mol. The fourth-order valence-corrected chi connectivity index (χ4v) is 5.86. The summed E-state index contributed by atoms with van der Waals surface area (Å²) in [7, 11) is 0. The highest BCUT2D eigenvalue weighted by atomic mass is 35.5. The van der Waals surface area contributed by atoms with Gasteiger partial charge >= 0.3 is 0 Å². The smallest absolute Gasteiger partial charge is 0.251 e. The average Bonchev–Trinajstić information content (AvgIpc) is 2.86. The predicted octanol–water partition coefficient (Wildman–Crippen LogP) is 5.65. The summed E-state index contributed by atoms with van der Waals surface area (Å²) in [6, 6.07) is 10.3. The van der Waals surface area contributed by atoms with Crippen molar-refractivity contribution in [1.82, 2.24) is 20.2 Å². The van der Waals surface area contributed by atoms with E-state index in [1.807, 2.05) is 30.3 Å². The molecule has 0 bridgehead atoms. The van der Waals surface area contributed by atoms with Gasteiger partial charge in [-0.3, -0.25) is 4.79 Å². The van der Waals surface area contributed by atoms with Gasteiger partial charge in [-0.1, -0.05) is 48.8 Å². The van der Waals surface area contributed by atoms with Crippen LogP contribution >= 0.6 is 23.4 Å². The molecule has 0 spiro atoms. The van der Waals surface area contributed by atoms with Gasteiger partial charge in [-0.25, -0.2) is 9.97 Å². The van der Waals surface area contributed by atoms with Gasteiger partial charge in [0.1, 0.15) is 11.0 Å². The van der Waals surface area contributed by atoms with Crippen molar-refractivity contribution in [2.75, 3.05) is 37.6 Å². The summed E-state index contributed by atoms with van der Waals surface area (Å²) in [5, 5.41) is 4.24. The van der Waals surface area contributed by atoms with Gasteiger partial charge in [-0.2, -0.15) is 0 Å². The number of thioether (sulfide) groups is 1. The first-order valence-corrected chi connectivity index (χ1v) is 14.4. The minimum atomic E-state index is -0.00504. The fourth-order valence-electron chi connectivity index (χ4n) is 4.83. The fraction of sp³-hybridized carbons (Fsp3) is 0.593. The molecule has 0 aliphatic carbocycles. The van der Waals surface area contributed by atoms with E-state index in [0.717, 1.165) is 49.1 Å². The molecule has 2 fully saturated rings. The Labute approximate surface area is 219 Å². The Morgan fingerprint density at radius 2 is 1.86 bits per heavy atom. The Balaban J connectivity index is 1.23. The number of halogens is 1. The number of carbonyl (C=O) groups is 1. The lowest BCUT2D eigenvalue weighted by Gasteiger charge is -2.33. The molecule has 6 nitrogen and oxygen atoms in total. The molecule has 1 unspecified atom stereocenters. The summed E-state index contributed by atoms with van der Waals surface area (Å²) < 4.78 is 0. The third-order valence-electron chi connectivity index (χ3n) is 7.20. The first kappa shape index (κ1) is 26.2. The molecule has 1 amide bonds. The lowest BCUT2D eigenvalue weighted by Crippen LogP contribution is -2.39. The van der Waals surface area contributed by atoms with Crippen LogP contribution in [0.5, 0.6) is 0 Å². The van der Waals surface area contributed by atoms with Gasteiger partial charge in [-0.05, 0) is 69.2 Å². The summed E-state index contributed by atoms with van der Waals surface area (Å²) in [5.41, 5.74) is 1.83. The molecule has 190 valence electrons. The highest BCUT2D eigenvalue weighted by Gasteiger charge is 2.19. The number of benzene rings is 1. The van der Waals surface area contributed by atoms with Crippen LogP contribution in [0.3, 0.4) is 0 Å². The zero-order valence-electron chi connectivity index (χ0n) is 21.0. The van der Waals surface area contributed by atoms with E-state index in [0.29, 0.717) is 28.5 Å². The van der Waals surface area contributed by atoms with Crippen LogP contribution in [-0.2, 0) is 5.75 Å². The molecule has 4 rings (SSSR count). The monoisotopic (exact) mass is 515 g/mol. The summed E-state index contributed by atoms with van der Waals surface area (Å²) in [6.07, 6.45) is 7.28. The number of amides is 1. The number of rotatable bonds is 9. The van der Waals surface area contributed by atoms with Crippen LogP contribution in [0.15, 0.2) is 35.5 Å². The highest BCUT2D eigenvalue weighted by molar-refractivity contribution is 7.98. The molecule has 1 N–H and O–H groups in total. The minimum absolute atomic E-state index is 0.00504. The molecule has 35 heavy (non-hydrogen) atoms. The van der Waals surface area contributed by atoms with Crippen LogP contribution in [0.2, 0.25) is 5.15 Å². The van der Waals surface area contributed by atoms with Crippen LogP contribution in [0.1, 0.15) is 68.3 Å². The Morgan fingerprint density at radius 1 is 1.09 bits per heavy atom. The third-order valence-corrected chi connectivity index (χ3v) is 8.31. The van der Waals surface area contributed by atoms with Gasteiger partial charge in [0, 0.05) is 49.6 Å². The number of nitrogens with zero attached hydrogens (tertiary/aromatic N) is 4. The van der Waals surface area contributed by atoms with Crippen molar-refractivity contribution in [1.29, 1.82) is 0 Å². The van der Waals surface area contributed by atoms with E-state index in [1.54, 1.807) is 11.8 Å². The lowest BCUT2D eigenvalue weighted by molar-refractivity contribution is 0.0949. The van der Waals surface area contributed by atoms with Crippen molar-refractivity contribution in [2.45, 2.75) is 69.3 Å². The molecular formula is C27H38ClN5OS. The second kappa shape index (κ2) is 12.9. The Morgan fingerprint density at radius 3 is 2.60 bits per heavy atom. The Hall–Kier alpha value is -1.83. The molecule has 0 saturated carbocycles. The van der Waals surface area contributed by atoms with Crippen LogP contribution in [0.25, 0.3) is 0 Å². The van der Waals surface area contributed by atoms with Gasteiger partial charge in [0.25, 0.3) is 5.91 Å². The second-order valence-electron chi connectivity index (χ2n) is 9.98. The summed E-state index contributed by atoms with van der Waals surface area (Å²) in [4.78, 5) is 26.5. The number of carbonyl (C=O) groups excluding carboxylic acids is 1. The molecular weight excluding hydrogens is 478 g/mol. The number of piperidine rings is 2. The van der Waals surface area contributed by atoms with E-state index in [2.05, 4.69) is 33.9 Å². The zero-order valence-corrected chi connectivity index (χ0v) is 22.6. The summed E-state index contributed by atoms with van der Waals surface area (Å²) in [5.74, 6) is 2.41. The molecule has 2 aliphatic heterocycles. The number of aromatic nitrogens is 2. The quantitative estimate of drug-likeness (QED) is 0.201. The van der Waals surface area contributed by atoms with Gasteiger partial charge in [-0.15, -0.1) is 0 Å². The van der Waals surface area contributed by atoms with Crippen LogP contribution < -0.4 is 10.2 Å². The SMILES string of the molecule is CC1CCN(c2cc(Cl)nc(SCc3ccc(C(=O)NCCCN4CCCCC4C)cc3)n2)CC1. The molecule has 1 aromatic carbocycles. The van der Waals surface area contributed by atoms with Crippen molar-refractivity contribution in [3.8, 4) is 0 Å². The van der Waals surface area contributed by atoms with Gasteiger partial charge in [0.15, 0.2) is 5.16 Å². The first-order valence-electron chi connectivity index (χ1n) is 13.0. The summed E-state index contributed by atoms with van der Waals surface area (Å²) in [6.45, 7) is 9.60. The maximum Gasteiger partial charge on any atom is 0.251 e. The van der Waals surface area contributed by atoms with E-state index in [9.17, 15) is 4.79 Å². The topological polar surface area (TPSA) is 61.4 Å². The molecule has 1 aromatic heterocycles. The molecule has 3 heterocycles. The van der Waals surface area contributed by atoms with Crippen molar-refractivity contribution >= 4 is 35.1 Å². The normalized spacial score (nSPS) is 19.6. The molecule has 8 heteroatoms. The highest BCUT2D eigenvalue weighted by Crippen LogP contribution is 2.27. The summed E-state index contributed by atoms with van der Waals surface area (Å²) >= 11 is 7.87. The number of anilines is 1. The second-order valence-corrected chi connectivity index (χ2v) is 11.3. The molecule has 2 aliphatic rings. The minimum Gasteiger partial charge on any atom is -0.356 e. The first-order chi connectivity index (χ1) is 17.0. The zero-order chi connectivity index (χ0) is 24.6. The molecule has 0 radical (unpaired) electrons. The standard InChI is InChI=1S/C27H38ClN5OS/c1-20-11-16-33(17-12-20)25-18-24(28)30-27(31-25)35-19-22-7-9-23(10-8-22)26(34)29-13-5-15-32-14-4-3-6-21(32)2/h7-10,18,20-21H,3-6,11-17,19H2,1-2H3,(H,29,34). The molecule has 2 aromatic rings. The third kappa shape index (κ3) is 7.83. The maximum absolute atomic E-state index is 12.5. The van der Waals surface area contributed by atoms with E-state index < -0.39 is 0 Å². The predicted molar refractivity (Wildman–Crippen MR) is 145 cm³/mol. The van der Waals surface area contributed by atoms with Gasteiger partial charge in [0.05, 0.1) is 0 Å².